The molecule has 0 bridgehead atoms. The van der Waals surface area contributed by atoms with Crippen LogP contribution in [0.25, 0.3) is 0 Å². The SMILES string of the molecule is CCCn1ccnc1Nc1cc(F)ccc1Cl. The molecule has 3 nitrogen and oxygen atoms in total. The first kappa shape index (κ1) is 11.9. The first-order valence-electron chi connectivity index (χ1n) is 5.44. The lowest BCUT2D eigenvalue weighted by Gasteiger charge is -2.10. The lowest BCUT2D eigenvalue weighted by Crippen LogP contribution is -2.03. The molecule has 17 heavy (non-hydrogen) atoms. The molecule has 2 aromatic rings. The van der Waals surface area contributed by atoms with Crippen LogP contribution < -0.4 is 5.32 Å². The van der Waals surface area contributed by atoms with E-state index in [4.69, 9.17) is 11.6 Å². The molecule has 1 aromatic heterocycles. The van der Waals surface area contributed by atoms with Crippen LogP contribution in [0.2, 0.25) is 5.02 Å². The Balaban J connectivity index is 2.25. The zero-order valence-corrected chi connectivity index (χ0v) is 10.2. The Bertz CT molecular complexity index is 510. The van der Waals surface area contributed by atoms with E-state index < -0.39 is 0 Å². The highest BCUT2D eigenvalue weighted by Crippen LogP contribution is 2.25. The number of nitrogens with zero attached hydrogens (tertiary/aromatic N) is 2. The smallest absolute Gasteiger partial charge is 0.207 e. The minimum absolute atomic E-state index is 0.328. The second-order valence-electron chi connectivity index (χ2n) is 3.69. The lowest BCUT2D eigenvalue weighted by molar-refractivity contribution is 0.628. The maximum Gasteiger partial charge on any atom is 0.207 e. The van der Waals surface area contributed by atoms with E-state index in [0.29, 0.717) is 16.7 Å². The van der Waals surface area contributed by atoms with Gasteiger partial charge in [-0.2, -0.15) is 0 Å². The summed E-state index contributed by atoms with van der Waals surface area (Å²) in [4.78, 5) is 4.17. The van der Waals surface area contributed by atoms with Gasteiger partial charge in [-0.25, -0.2) is 9.37 Å². The summed E-state index contributed by atoms with van der Waals surface area (Å²) in [5.41, 5.74) is 0.523. The third kappa shape index (κ3) is 2.77. The van der Waals surface area contributed by atoms with Gasteiger partial charge in [0.05, 0.1) is 10.7 Å². The van der Waals surface area contributed by atoms with Gasteiger partial charge >= 0.3 is 0 Å². The van der Waals surface area contributed by atoms with Crippen molar-refractivity contribution in [1.82, 2.24) is 9.55 Å². The number of aryl methyl sites for hydroxylation is 1. The fraction of sp³-hybridized carbons (Fsp3) is 0.250. The van der Waals surface area contributed by atoms with Crippen molar-refractivity contribution in [3.05, 3.63) is 41.4 Å². The van der Waals surface area contributed by atoms with Crippen molar-refractivity contribution < 1.29 is 4.39 Å². The zero-order chi connectivity index (χ0) is 12.3. The number of benzene rings is 1. The van der Waals surface area contributed by atoms with E-state index in [-0.39, 0.29) is 5.82 Å². The molecule has 0 atom stereocenters. The molecule has 0 aliphatic rings. The van der Waals surface area contributed by atoms with Crippen LogP contribution in [0.1, 0.15) is 13.3 Å². The molecule has 0 unspecified atom stereocenters. The number of nitrogens with one attached hydrogen (secondary N) is 1. The van der Waals surface area contributed by atoms with Gasteiger partial charge in [0.2, 0.25) is 5.95 Å². The summed E-state index contributed by atoms with van der Waals surface area (Å²) in [5.74, 6) is 0.338. The Morgan fingerprint density at radius 3 is 3.06 bits per heavy atom. The molecule has 5 heteroatoms. The van der Waals surface area contributed by atoms with Crippen molar-refractivity contribution in [3.63, 3.8) is 0 Å². The monoisotopic (exact) mass is 253 g/mol. The summed E-state index contributed by atoms with van der Waals surface area (Å²) in [7, 11) is 0. The van der Waals surface area contributed by atoms with Crippen molar-refractivity contribution in [2.45, 2.75) is 19.9 Å². The topological polar surface area (TPSA) is 29.9 Å². The van der Waals surface area contributed by atoms with Crippen LogP contribution >= 0.6 is 11.6 Å². The molecule has 0 fully saturated rings. The summed E-state index contributed by atoms with van der Waals surface area (Å²) in [5, 5.41) is 3.50. The average Bonchev–Trinajstić information content (AvgIpc) is 2.72. The van der Waals surface area contributed by atoms with Crippen LogP contribution in [0.3, 0.4) is 0 Å². The van der Waals surface area contributed by atoms with Crippen molar-refractivity contribution in [2.24, 2.45) is 0 Å². The van der Waals surface area contributed by atoms with Gasteiger partial charge in [0.15, 0.2) is 0 Å². The Kier molecular flexibility index (Phi) is 3.64. The molecule has 90 valence electrons. The molecule has 0 saturated heterocycles. The highest BCUT2D eigenvalue weighted by Gasteiger charge is 2.06. The zero-order valence-electron chi connectivity index (χ0n) is 9.45. The molecule has 2 rings (SSSR count). The van der Waals surface area contributed by atoms with Crippen LogP contribution in [0.4, 0.5) is 16.0 Å². The predicted octanol–water partition coefficient (Wildman–Crippen LogP) is 3.83. The highest BCUT2D eigenvalue weighted by molar-refractivity contribution is 6.33. The molecule has 0 spiro atoms. The van der Waals surface area contributed by atoms with Crippen LogP contribution in [0, 0.1) is 5.82 Å². The van der Waals surface area contributed by atoms with E-state index in [1.54, 1.807) is 6.20 Å². The molecule has 1 heterocycles. The lowest BCUT2D eigenvalue weighted by atomic mass is 10.3. The third-order valence-corrected chi connectivity index (χ3v) is 2.68. The molecule has 0 aliphatic heterocycles. The molecule has 0 radical (unpaired) electrons. The number of aromatic nitrogens is 2. The molecule has 0 saturated carbocycles. The van der Waals surface area contributed by atoms with Crippen LogP contribution in [-0.2, 0) is 6.54 Å². The number of hydrogen-bond donors (Lipinski definition) is 1. The molecular weight excluding hydrogens is 241 g/mol. The second-order valence-corrected chi connectivity index (χ2v) is 4.10. The molecule has 0 amide bonds. The first-order chi connectivity index (χ1) is 8.20. The van der Waals surface area contributed by atoms with Crippen molar-refractivity contribution >= 4 is 23.2 Å². The Morgan fingerprint density at radius 2 is 2.29 bits per heavy atom. The van der Waals surface area contributed by atoms with Crippen molar-refractivity contribution in [1.29, 1.82) is 0 Å². The Labute approximate surface area is 104 Å². The Morgan fingerprint density at radius 1 is 1.47 bits per heavy atom. The van der Waals surface area contributed by atoms with Gasteiger partial charge in [-0.15, -0.1) is 0 Å². The number of hydrogen-bond acceptors (Lipinski definition) is 2. The van der Waals surface area contributed by atoms with E-state index in [1.165, 1.54) is 18.2 Å². The minimum atomic E-state index is -0.328. The summed E-state index contributed by atoms with van der Waals surface area (Å²) in [6, 6.07) is 4.20. The predicted molar refractivity (Wildman–Crippen MR) is 67.2 cm³/mol. The van der Waals surface area contributed by atoms with Gasteiger partial charge in [0.1, 0.15) is 5.82 Å². The maximum absolute atomic E-state index is 13.1. The number of rotatable bonds is 4. The van der Waals surface area contributed by atoms with Gasteiger partial charge < -0.3 is 9.88 Å². The highest BCUT2D eigenvalue weighted by atomic mass is 35.5. The van der Waals surface area contributed by atoms with Gasteiger partial charge in [0, 0.05) is 18.9 Å². The third-order valence-electron chi connectivity index (χ3n) is 2.35. The standard InChI is InChI=1S/C12H13ClFN3/c1-2-6-17-7-5-15-12(17)16-11-8-9(14)3-4-10(11)13/h3-5,7-8H,2,6H2,1H3,(H,15,16). The van der Waals surface area contributed by atoms with Gasteiger partial charge in [0.25, 0.3) is 0 Å². The summed E-state index contributed by atoms with van der Waals surface area (Å²) in [6.45, 7) is 2.94. The van der Waals surface area contributed by atoms with Gasteiger partial charge in [-0.3, -0.25) is 0 Å². The van der Waals surface area contributed by atoms with E-state index in [1.807, 2.05) is 10.8 Å². The molecule has 0 aliphatic carbocycles. The quantitative estimate of drug-likeness (QED) is 0.898. The van der Waals surface area contributed by atoms with Crippen molar-refractivity contribution in [3.8, 4) is 0 Å². The summed E-state index contributed by atoms with van der Waals surface area (Å²) >= 11 is 5.98. The maximum atomic E-state index is 13.1. The van der Waals surface area contributed by atoms with E-state index in [9.17, 15) is 4.39 Å². The Hall–Kier alpha value is -1.55. The minimum Gasteiger partial charge on any atom is -0.324 e. The normalized spacial score (nSPS) is 10.5. The van der Waals surface area contributed by atoms with Gasteiger partial charge in [-0.05, 0) is 24.6 Å². The van der Waals surface area contributed by atoms with Crippen molar-refractivity contribution in [2.75, 3.05) is 5.32 Å². The second kappa shape index (κ2) is 5.19. The molecular formula is C12H13ClFN3. The average molecular weight is 254 g/mol. The number of halogens is 2. The van der Waals surface area contributed by atoms with Crippen LogP contribution in [0.15, 0.2) is 30.6 Å². The molecule has 1 N–H and O–H groups in total. The fourth-order valence-corrected chi connectivity index (χ4v) is 1.73. The summed E-state index contributed by atoms with van der Waals surface area (Å²) < 4.78 is 15.1. The fourth-order valence-electron chi connectivity index (χ4n) is 1.57. The summed E-state index contributed by atoms with van der Waals surface area (Å²) in [6.07, 6.45) is 4.58. The van der Waals surface area contributed by atoms with Crippen LogP contribution in [-0.4, -0.2) is 9.55 Å². The number of anilines is 2. The first-order valence-corrected chi connectivity index (χ1v) is 5.81. The van der Waals surface area contributed by atoms with E-state index in [2.05, 4.69) is 17.2 Å². The van der Waals surface area contributed by atoms with E-state index >= 15 is 0 Å². The number of imidazole rings is 1. The van der Waals surface area contributed by atoms with Gasteiger partial charge in [-0.1, -0.05) is 18.5 Å². The van der Waals surface area contributed by atoms with Crippen LogP contribution in [0.5, 0.6) is 0 Å². The molecule has 1 aromatic carbocycles. The largest absolute Gasteiger partial charge is 0.324 e. The van der Waals surface area contributed by atoms with E-state index in [0.717, 1.165) is 13.0 Å².